The number of amides is 2. The van der Waals surface area contributed by atoms with Gasteiger partial charge in [0, 0.05) is 30.7 Å². The molecule has 178 valence electrons. The molecule has 0 unspecified atom stereocenters. The number of piperidine rings is 1. The number of hydrogen-bond donors (Lipinski definition) is 1. The first kappa shape index (κ1) is 22.4. The molecule has 1 aromatic carbocycles. The predicted molar refractivity (Wildman–Crippen MR) is 129 cm³/mol. The minimum atomic E-state index is -0.982. The summed E-state index contributed by atoms with van der Waals surface area (Å²) in [7, 11) is 0. The molecule has 2 fully saturated rings. The van der Waals surface area contributed by atoms with Crippen LogP contribution in [0.5, 0.6) is 5.75 Å². The van der Waals surface area contributed by atoms with Crippen molar-refractivity contribution in [3.63, 3.8) is 0 Å². The third-order valence-electron chi connectivity index (χ3n) is 7.18. The monoisotopic (exact) mass is 460 g/mol. The molecule has 7 heteroatoms. The lowest BCUT2D eigenvalue weighted by Crippen LogP contribution is -2.60. The highest BCUT2D eigenvalue weighted by Crippen LogP contribution is 2.41. The van der Waals surface area contributed by atoms with E-state index in [1.165, 1.54) is 0 Å². The van der Waals surface area contributed by atoms with E-state index in [2.05, 4.69) is 25.7 Å². The lowest BCUT2D eigenvalue weighted by atomic mass is 9.85. The van der Waals surface area contributed by atoms with Crippen LogP contribution >= 0.6 is 0 Å². The van der Waals surface area contributed by atoms with E-state index < -0.39 is 5.54 Å². The molecule has 2 bridgehead atoms. The van der Waals surface area contributed by atoms with Crippen molar-refractivity contribution >= 4 is 17.3 Å². The van der Waals surface area contributed by atoms with E-state index in [4.69, 9.17) is 4.74 Å². The van der Waals surface area contributed by atoms with Gasteiger partial charge in [0.05, 0.1) is 11.2 Å². The molecule has 0 saturated carbocycles. The van der Waals surface area contributed by atoms with Crippen LogP contribution in [0.25, 0.3) is 5.52 Å². The van der Waals surface area contributed by atoms with E-state index in [0.717, 1.165) is 43.3 Å². The van der Waals surface area contributed by atoms with Crippen molar-refractivity contribution in [1.29, 1.82) is 0 Å². The molecule has 2 aliphatic rings. The van der Waals surface area contributed by atoms with Crippen molar-refractivity contribution in [2.45, 2.75) is 63.6 Å². The summed E-state index contributed by atoms with van der Waals surface area (Å²) in [5, 5.41) is 2.89. The van der Waals surface area contributed by atoms with Crippen molar-refractivity contribution in [2.24, 2.45) is 5.92 Å². The topological polar surface area (TPSA) is 75.9 Å². The van der Waals surface area contributed by atoms with Gasteiger partial charge in [-0.05, 0) is 76.1 Å². The molecule has 4 heterocycles. The SMILES string of the molecule is CC(C)(NC(=O)COc1ccccc1)C(=O)N1[C@H]2CC[C@H]1CC(Cc1nccn3cccc13)C2. The molecule has 1 N–H and O–H groups in total. The van der Waals surface area contributed by atoms with Crippen LogP contribution < -0.4 is 10.1 Å². The zero-order valence-electron chi connectivity index (χ0n) is 19.8. The number of rotatable bonds is 7. The normalized spacial score (nSPS) is 22.1. The highest BCUT2D eigenvalue weighted by molar-refractivity contribution is 5.91. The summed E-state index contributed by atoms with van der Waals surface area (Å²) in [6.45, 7) is 3.46. The van der Waals surface area contributed by atoms with Gasteiger partial charge in [-0.3, -0.25) is 14.6 Å². The number of carbonyl (C=O) groups excluding carboxylic acids is 2. The second kappa shape index (κ2) is 9.12. The maximum atomic E-state index is 13.6. The summed E-state index contributed by atoms with van der Waals surface area (Å²) >= 11 is 0. The van der Waals surface area contributed by atoms with Crippen LogP contribution in [0.1, 0.15) is 45.2 Å². The van der Waals surface area contributed by atoms with Crippen molar-refractivity contribution < 1.29 is 14.3 Å². The van der Waals surface area contributed by atoms with Gasteiger partial charge < -0.3 is 19.4 Å². The minimum absolute atomic E-state index is 0.00155. The Bertz CT molecular complexity index is 1160. The van der Waals surface area contributed by atoms with Gasteiger partial charge in [-0.2, -0.15) is 0 Å². The van der Waals surface area contributed by atoms with E-state index >= 15 is 0 Å². The fourth-order valence-electron chi connectivity index (χ4n) is 5.67. The van der Waals surface area contributed by atoms with Crippen LogP contribution in [0.4, 0.5) is 0 Å². The summed E-state index contributed by atoms with van der Waals surface area (Å²) < 4.78 is 7.66. The standard InChI is InChI=1S/C27H32N4O3/c1-27(2,29-25(32)18-34-22-7-4-3-5-8-22)26(33)31-20-10-11-21(31)16-19(15-20)17-23-24-9-6-13-30(24)14-12-28-23/h3-9,12-14,19-21H,10-11,15-18H2,1-2H3,(H,29,32)/t20-,21-/m0/s1. The third-order valence-corrected chi connectivity index (χ3v) is 7.18. The molecule has 34 heavy (non-hydrogen) atoms. The molecule has 2 aliphatic heterocycles. The van der Waals surface area contributed by atoms with E-state index in [1.807, 2.05) is 42.9 Å². The first-order valence-electron chi connectivity index (χ1n) is 12.1. The average molecular weight is 461 g/mol. The van der Waals surface area contributed by atoms with Crippen molar-refractivity contribution in [3.05, 3.63) is 66.7 Å². The number of para-hydroxylation sites is 1. The van der Waals surface area contributed by atoms with E-state index in [9.17, 15) is 9.59 Å². The van der Waals surface area contributed by atoms with E-state index in [1.54, 1.807) is 26.0 Å². The van der Waals surface area contributed by atoms with Gasteiger partial charge in [-0.15, -0.1) is 0 Å². The van der Waals surface area contributed by atoms with Crippen LogP contribution in [0.2, 0.25) is 0 Å². The van der Waals surface area contributed by atoms with Crippen LogP contribution in [-0.2, 0) is 16.0 Å². The molecule has 3 aromatic rings. The molecule has 2 amide bonds. The van der Waals surface area contributed by atoms with Gasteiger partial charge in [-0.1, -0.05) is 18.2 Å². The lowest BCUT2D eigenvalue weighted by molar-refractivity contribution is -0.145. The zero-order chi connectivity index (χ0) is 23.7. The fraction of sp³-hybridized carbons (Fsp3) is 0.444. The number of nitrogens with one attached hydrogen (secondary N) is 1. The number of ether oxygens (including phenoxy) is 1. The largest absolute Gasteiger partial charge is 0.484 e. The Kier molecular flexibility index (Phi) is 6.02. The summed E-state index contributed by atoms with van der Waals surface area (Å²) in [5.74, 6) is 0.841. The van der Waals surface area contributed by atoms with Gasteiger partial charge in [0.2, 0.25) is 5.91 Å². The van der Waals surface area contributed by atoms with E-state index in [-0.39, 0.29) is 30.5 Å². The number of nitrogens with zero attached hydrogens (tertiary/aromatic N) is 3. The maximum absolute atomic E-state index is 13.6. The summed E-state index contributed by atoms with van der Waals surface area (Å²) in [6.07, 6.45) is 10.8. The quantitative estimate of drug-likeness (QED) is 0.584. The highest BCUT2D eigenvalue weighted by Gasteiger charge is 2.47. The summed E-state index contributed by atoms with van der Waals surface area (Å²) in [5.41, 5.74) is 1.31. The highest BCUT2D eigenvalue weighted by atomic mass is 16.5. The number of hydrogen-bond acceptors (Lipinski definition) is 4. The van der Waals surface area contributed by atoms with Gasteiger partial charge in [0.25, 0.3) is 5.91 Å². The Morgan fingerprint density at radius 1 is 1.06 bits per heavy atom. The molecular weight excluding hydrogens is 428 g/mol. The Hall–Kier alpha value is -3.35. The number of aromatic nitrogens is 2. The van der Waals surface area contributed by atoms with Gasteiger partial charge in [0.15, 0.2) is 6.61 Å². The van der Waals surface area contributed by atoms with Crippen molar-refractivity contribution in [1.82, 2.24) is 19.6 Å². The smallest absolute Gasteiger partial charge is 0.258 e. The minimum Gasteiger partial charge on any atom is -0.484 e. The second-order valence-electron chi connectivity index (χ2n) is 10.1. The predicted octanol–water partition coefficient (Wildman–Crippen LogP) is 3.62. The number of benzene rings is 1. The third kappa shape index (κ3) is 4.52. The molecule has 2 saturated heterocycles. The Morgan fingerprint density at radius 3 is 2.53 bits per heavy atom. The fourth-order valence-corrected chi connectivity index (χ4v) is 5.67. The summed E-state index contributed by atoms with van der Waals surface area (Å²) in [6, 6.07) is 13.8. The molecule has 0 aliphatic carbocycles. The first-order chi connectivity index (χ1) is 16.4. The molecule has 5 rings (SSSR count). The summed E-state index contributed by atoms with van der Waals surface area (Å²) in [4.78, 5) is 32.8. The first-order valence-corrected chi connectivity index (χ1v) is 12.1. The Labute approximate surface area is 200 Å². The zero-order valence-corrected chi connectivity index (χ0v) is 19.8. The average Bonchev–Trinajstić information content (AvgIpc) is 3.40. The molecular formula is C27H32N4O3. The lowest BCUT2D eigenvalue weighted by Gasteiger charge is -2.42. The Balaban J connectivity index is 1.20. The van der Waals surface area contributed by atoms with Gasteiger partial charge in [0.1, 0.15) is 11.3 Å². The van der Waals surface area contributed by atoms with Crippen molar-refractivity contribution in [3.8, 4) is 5.75 Å². The molecule has 0 radical (unpaired) electrons. The molecule has 2 aromatic heterocycles. The van der Waals surface area contributed by atoms with Crippen molar-refractivity contribution in [2.75, 3.05) is 6.61 Å². The van der Waals surface area contributed by atoms with Gasteiger partial charge in [-0.25, -0.2) is 0 Å². The van der Waals surface area contributed by atoms with Crippen LogP contribution in [0.3, 0.4) is 0 Å². The van der Waals surface area contributed by atoms with Gasteiger partial charge >= 0.3 is 0 Å². The molecule has 0 spiro atoms. The van der Waals surface area contributed by atoms with Crippen LogP contribution in [-0.4, -0.2) is 50.3 Å². The molecule has 2 atom stereocenters. The second-order valence-corrected chi connectivity index (χ2v) is 10.1. The Morgan fingerprint density at radius 2 is 1.79 bits per heavy atom. The van der Waals surface area contributed by atoms with E-state index in [0.29, 0.717) is 11.7 Å². The van der Waals surface area contributed by atoms with Crippen LogP contribution in [0.15, 0.2) is 61.1 Å². The van der Waals surface area contributed by atoms with Crippen LogP contribution in [0, 0.1) is 5.92 Å². The maximum Gasteiger partial charge on any atom is 0.258 e. The number of carbonyl (C=O) groups is 2. The number of fused-ring (bicyclic) bond motifs is 3. The molecule has 7 nitrogen and oxygen atoms in total.